The normalized spacial score (nSPS) is 14.6. The van der Waals surface area contributed by atoms with Crippen molar-refractivity contribution in [2.24, 2.45) is 0 Å². The highest BCUT2D eigenvalue weighted by Crippen LogP contribution is 2.22. The van der Waals surface area contributed by atoms with Gasteiger partial charge in [0.05, 0.1) is 17.3 Å². The molecule has 1 aliphatic rings. The number of hydrogen-bond acceptors (Lipinski definition) is 6. The van der Waals surface area contributed by atoms with E-state index in [1.54, 1.807) is 30.3 Å². The number of likely N-dealkylation sites (N-methyl/N-ethyl adjacent to an activating group) is 1. The first-order chi connectivity index (χ1) is 18.7. The summed E-state index contributed by atoms with van der Waals surface area (Å²) in [5.74, 6) is -2.37. The van der Waals surface area contributed by atoms with Crippen molar-refractivity contribution in [3.63, 3.8) is 0 Å². The SMILES string of the molecule is CN1CCN(c2ccccc2C(=O)NNS(=O)(=O)Cn2ncc3cc(Cc4cc(F)cc(F)c4)ccc32)CC1. The Kier molecular flexibility index (Phi) is 7.60. The fraction of sp³-hybridized carbons (Fsp3) is 0.259. The number of rotatable bonds is 8. The van der Waals surface area contributed by atoms with Gasteiger partial charge in [-0.15, -0.1) is 4.83 Å². The number of aromatic nitrogens is 2. The number of amides is 1. The minimum absolute atomic E-state index is 0.303. The van der Waals surface area contributed by atoms with Crippen LogP contribution in [0, 0.1) is 11.6 Å². The molecule has 0 unspecified atom stereocenters. The number of carbonyl (C=O) groups is 1. The molecule has 5 rings (SSSR count). The third-order valence-electron chi connectivity index (χ3n) is 6.64. The minimum Gasteiger partial charge on any atom is -0.368 e. The van der Waals surface area contributed by atoms with Crippen molar-refractivity contribution in [1.82, 2.24) is 24.9 Å². The second-order valence-electron chi connectivity index (χ2n) is 9.60. The molecule has 4 aromatic rings. The van der Waals surface area contributed by atoms with Gasteiger partial charge in [0.1, 0.15) is 11.6 Å². The van der Waals surface area contributed by atoms with Gasteiger partial charge in [0.15, 0.2) is 5.88 Å². The molecule has 1 aliphatic heterocycles. The zero-order chi connectivity index (χ0) is 27.6. The zero-order valence-corrected chi connectivity index (χ0v) is 22.1. The highest BCUT2D eigenvalue weighted by molar-refractivity contribution is 7.88. The first-order valence-electron chi connectivity index (χ1n) is 12.4. The number of nitrogens with zero attached hydrogens (tertiary/aromatic N) is 4. The first-order valence-corrected chi connectivity index (χ1v) is 14.0. The second kappa shape index (κ2) is 11.1. The molecule has 9 nitrogen and oxygen atoms in total. The topological polar surface area (TPSA) is 99.6 Å². The van der Waals surface area contributed by atoms with Gasteiger partial charge >= 0.3 is 0 Å². The van der Waals surface area contributed by atoms with Crippen molar-refractivity contribution in [1.29, 1.82) is 0 Å². The summed E-state index contributed by atoms with van der Waals surface area (Å²) in [6, 6.07) is 15.7. The van der Waals surface area contributed by atoms with Crippen molar-refractivity contribution in [3.05, 3.63) is 95.2 Å². The predicted octanol–water partition coefficient (Wildman–Crippen LogP) is 2.88. The van der Waals surface area contributed by atoms with Crippen LogP contribution in [0.2, 0.25) is 0 Å². The number of halogens is 2. The number of fused-ring (bicyclic) bond motifs is 1. The summed E-state index contributed by atoms with van der Waals surface area (Å²) in [7, 11) is -1.95. The van der Waals surface area contributed by atoms with Gasteiger partial charge in [-0.05, 0) is 61.0 Å². The Hall–Kier alpha value is -3.87. The largest absolute Gasteiger partial charge is 0.368 e. The van der Waals surface area contributed by atoms with Gasteiger partial charge in [0.2, 0.25) is 10.0 Å². The van der Waals surface area contributed by atoms with E-state index >= 15 is 0 Å². The summed E-state index contributed by atoms with van der Waals surface area (Å²) in [6.45, 7) is 3.26. The van der Waals surface area contributed by atoms with E-state index in [1.807, 2.05) is 19.2 Å². The van der Waals surface area contributed by atoms with Gasteiger partial charge in [-0.2, -0.15) is 5.10 Å². The molecule has 0 aliphatic carbocycles. The third-order valence-corrected chi connectivity index (χ3v) is 7.64. The van der Waals surface area contributed by atoms with E-state index < -0.39 is 33.4 Å². The molecule has 3 aromatic carbocycles. The summed E-state index contributed by atoms with van der Waals surface area (Å²) < 4.78 is 53.9. The van der Waals surface area contributed by atoms with Crippen LogP contribution in [0.4, 0.5) is 14.5 Å². The van der Waals surface area contributed by atoms with Gasteiger partial charge in [-0.25, -0.2) is 21.9 Å². The number of anilines is 1. The van der Waals surface area contributed by atoms with Crippen LogP contribution in [0.25, 0.3) is 10.9 Å². The lowest BCUT2D eigenvalue weighted by Gasteiger charge is -2.34. The van der Waals surface area contributed by atoms with Crippen LogP contribution in [-0.4, -0.2) is 62.2 Å². The summed E-state index contributed by atoms with van der Waals surface area (Å²) in [5.41, 5.74) is 5.27. The van der Waals surface area contributed by atoms with E-state index in [0.29, 0.717) is 28.5 Å². The average molecular weight is 555 g/mol. The Balaban J connectivity index is 1.25. The van der Waals surface area contributed by atoms with E-state index in [9.17, 15) is 22.0 Å². The van der Waals surface area contributed by atoms with Crippen LogP contribution in [0.3, 0.4) is 0 Å². The quantitative estimate of drug-likeness (QED) is 0.325. The molecule has 12 heteroatoms. The molecule has 0 atom stereocenters. The Morgan fingerprint density at radius 1 is 0.949 bits per heavy atom. The lowest BCUT2D eigenvalue weighted by atomic mass is 10.0. The van der Waals surface area contributed by atoms with Crippen molar-refractivity contribution in [3.8, 4) is 0 Å². The Labute approximate surface area is 225 Å². The zero-order valence-electron chi connectivity index (χ0n) is 21.3. The Morgan fingerprint density at radius 3 is 2.41 bits per heavy atom. The molecule has 1 amide bonds. The van der Waals surface area contributed by atoms with Crippen LogP contribution in [-0.2, 0) is 22.3 Å². The molecule has 2 heterocycles. The molecule has 39 heavy (non-hydrogen) atoms. The molecule has 0 spiro atoms. The highest BCUT2D eigenvalue weighted by atomic mass is 32.2. The van der Waals surface area contributed by atoms with E-state index in [-0.39, 0.29) is 0 Å². The number of carbonyl (C=O) groups excluding carboxylic acids is 1. The average Bonchev–Trinajstić information content (AvgIpc) is 3.28. The Morgan fingerprint density at radius 2 is 1.67 bits per heavy atom. The van der Waals surface area contributed by atoms with Gasteiger partial charge in [-0.3, -0.25) is 10.2 Å². The standard InChI is InChI=1S/C27H28F2N6O3S/c1-33-8-10-34(11-9-33)26-5-3-2-4-24(26)27(36)31-32-39(37,38)18-35-25-7-6-19(13-21(25)17-30-35)12-20-14-22(28)16-23(29)15-20/h2-7,13-17,32H,8-12,18H2,1H3,(H,31,36). The summed E-state index contributed by atoms with van der Waals surface area (Å²) in [6.07, 6.45) is 1.82. The van der Waals surface area contributed by atoms with E-state index in [4.69, 9.17) is 0 Å². The molecule has 2 N–H and O–H groups in total. The number of para-hydroxylation sites is 1. The molecule has 1 saturated heterocycles. The van der Waals surface area contributed by atoms with Gasteiger partial charge in [0, 0.05) is 43.3 Å². The monoisotopic (exact) mass is 554 g/mol. The number of hydrogen-bond donors (Lipinski definition) is 2. The molecule has 0 saturated carbocycles. The molecule has 1 aromatic heterocycles. The minimum atomic E-state index is -4.00. The van der Waals surface area contributed by atoms with Crippen molar-refractivity contribution < 1.29 is 22.0 Å². The van der Waals surface area contributed by atoms with Crippen LogP contribution < -0.4 is 15.2 Å². The maximum Gasteiger partial charge on any atom is 0.268 e. The summed E-state index contributed by atoms with van der Waals surface area (Å²) >= 11 is 0. The predicted molar refractivity (Wildman–Crippen MR) is 145 cm³/mol. The molecule has 204 valence electrons. The molecule has 0 radical (unpaired) electrons. The summed E-state index contributed by atoms with van der Waals surface area (Å²) in [5, 5.41) is 4.85. The maximum absolute atomic E-state index is 13.5. The molecular weight excluding hydrogens is 526 g/mol. The second-order valence-corrected chi connectivity index (χ2v) is 11.3. The third kappa shape index (κ3) is 6.41. The van der Waals surface area contributed by atoms with Crippen LogP contribution in [0.5, 0.6) is 0 Å². The van der Waals surface area contributed by atoms with Crippen LogP contribution in [0.15, 0.2) is 66.9 Å². The van der Waals surface area contributed by atoms with E-state index in [1.165, 1.54) is 23.0 Å². The highest BCUT2D eigenvalue weighted by Gasteiger charge is 2.21. The smallest absolute Gasteiger partial charge is 0.268 e. The van der Waals surface area contributed by atoms with Gasteiger partial charge in [-0.1, -0.05) is 18.2 Å². The number of hydrazine groups is 1. The maximum atomic E-state index is 13.5. The van der Waals surface area contributed by atoms with E-state index in [0.717, 1.165) is 43.5 Å². The lowest BCUT2D eigenvalue weighted by molar-refractivity contribution is 0.0945. The molecule has 0 bridgehead atoms. The number of sulfonamides is 1. The fourth-order valence-corrected chi connectivity index (χ4v) is 5.51. The van der Waals surface area contributed by atoms with Gasteiger partial charge in [0.25, 0.3) is 5.91 Å². The first kappa shape index (κ1) is 26.7. The van der Waals surface area contributed by atoms with Crippen LogP contribution in [0.1, 0.15) is 21.5 Å². The summed E-state index contributed by atoms with van der Waals surface area (Å²) in [4.78, 5) is 19.4. The van der Waals surface area contributed by atoms with Gasteiger partial charge < -0.3 is 9.80 Å². The molecule has 1 fully saturated rings. The van der Waals surface area contributed by atoms with Crippen LogP contribution >= 0.6 is 0 Å². The van der Waals surface area contributed by atoms with Crippen molar-refractivity contribution >= 4 is 32.5 Å². The fourth-order valence-electron chi connectivity index (χ4n) is 4.67. The lowest BCUT2D eigenvalue weighted by Crippen LogP contribution is -2.46. The van der Waals surface area contributed by atoms with E-state index in [2.05, 4.69) is 25.2 Å². The number of piperazine rings is 1. The van der Waals surface area contributed by atoms with Crippen molar-refractivity contribution in [2.45, 2.75) is 12.3 Å². The Bertz CT molecular complexity index is 1600. The van der Waals surface area contributed by atoms with Crippen molar-refractivity contribution in [2.75, 3.05) is 38.1 Å². The molecular formula is C27H28F2N6O3S. The number of benzene rings is 3. The number of nitrogens with one attached hydrogen (secondary N) is 2.